The first-order valence-corrected chi connectivity index (χ1v) is 6.07. The second kappa shape index (κ2) is 5.19. The van der Waals surface area contributed by atoms with Crippen LogP contribution in [0.1, 0.15) is 36.0 Å². The number of amides is 1. The second-order valence-corrected chi connectivity index (χ2v) is 4.71. The van der Waals surface area contributed by atoms with Crippen molar-refractivity contribution in [3.63, 3.8) is 0 Å². The van der Waals surface area contributed by atoms with Gasteiger partial charge >= 0.3 is 0 Å². The van der Waals surface area contributed by atoms with Crippen molar-refractivity contribution < 1.29 is 4.79 Å². The van der Waals surface area contributed by atoms with Crippen molar-refractivity contribution in [2.24, 2.45) is 11.5 Å². The number of nitrogens with one attached hydrogen (secondary N) is 1. The first-order chi connectivity index (χ1) is 8.15. The standard InChI is InChI=1S/C13H19N3O/c14-10-2-1-3-12(8-10)16-11-6-4-9(5-7-11)13(15)17/h4-7,10,12,16H,1-3,8,14H2,(H2,15,17). The zero-order valence-corrected chi connectivity index (χ0v) is 9.86. The Balaban J connectivity index is 1.96. The lowest BCUT2D eigenvalue weighted by atomic mass is 9.91. The summed E-state index contributed by atoms with van der Waals surface area (Å²) >= 11 is 0. The molecule has 0 aliphatic heterocycles. The number of nitrogens with two attached hydrogens (primary N) is 2. The van der Waals surface area contributed by atoms with E-state index in [9.17, 15) is 4.79 Å². The minimum Gasteiger partial charge on any atom is -0.382 e. The summed E-state index contributed by atoms with van der Waals surface area (Å²) in [6.07, 6.45) is 4.47. The van der Waals surface area contributed by atoms with Crippen molar-refractivity contribution >= 4 is 11.6 Å². The van der Waals surface area contributed by atoms with E-state index in [1.807, 2.05) is 12.1 Å². The fraction of sp³-hybridized carbons (Fsp3) is 0.462. The van der Waals surface area contributed by atoms with Crippen molar-refractivity contribution in [2.75, 3.05) is 5.32 Å². The number of benzene rings is 1. The lowest BCUT2D eigenvalue weighted by molar-refractivity contribution is 0.100. The zero-order valence-electron chi connectivity index (χ0n) is 9.86. The number of hydrogen-bond acceptors (Lipinski definition) is 3. The van der Waals surface area contributed by atoms with Crippen LogP contribution in [-0.2, 0) is 0 Å². The van der Waals surface area contributed by atoms with E-state index in [-0.39, 0.29) is 0 Å². The van der Waals surface area contributed by atoms with Crippen LogP contribution in [0, 0.1) is 0 Å². The molecule has 92 valence electrons. The smallest absolute Gasteiger partial charge is 0.248 e. The highest BCUT2D eigenvalue weighted by molar-refractivity contribution is 5.93. The van der Waals surface area contributed by atoms with Crippen LogP contribution in [0.3, 0.4) is 0 Å². The van der Waals surface area contributed by atoms with Gasteiger partial charge in [0.15, 0.2) is 0 Å². The van der Waals surface area contributed by atoms with Gasteiger partial charge in [0, 0.05) is 23.3 Å². The molecular weight excluding hydrogens is 214 g/mol. The summed E-state index contributed by atoms with van der Waals surface area (Å²) in [6, 6.07) is 8.02. The zero-order chi connectivity index (χ0) is 12.3. The van der Waals surface area contributed by atoms with Crippen LogP contribution in [0.5, 0.6) is 0 Å². The van der Waals surface area contributed by atoms with Gasteiger partial charge in [-0.05, 0) is 49.9 Å². The fourth-order valence-electron chi connectivity index (χ4n) is 2.33. The Hall–Kier alpha value is -1.55. The van der Waals surface area contributed by atoms with Crippen LogP contribution in [0.25, 0.3) is 0 Å². The topological polar surface area (TPSA) is 81.1 Å². The molecule has 0 aromatic heterocycles. The van der Waals surface area contributed by atoms with E-state index in [2.05, 4.69) is 5.32 Å². The number of carbonyl (C=O) groups excluding carboxylic acids is 1. The average molecular weight is 233 g/mol. The molecule has 2 atom stereocenters. The third-order valence-electron chi connectivity index (χ3n) is 3.25. The monoisotopic (exact) mass is 233 g/mol. The van der Waals surface area contributed by atoms with Gasteiger partial charge in [-0.1, -0.05) is 0 Å². The molecular formula is C13H19N3O. The molecule has 2 rings (SSSR count). The predicted octanol–water partition coefficient (Wildman–Crippen LogP) is 1.47. The van der Waals surface area contributed by atoms with Crippen molar-refractivity contribution in [1.82, 2.24) is 0 Å². The highest BCUT2D eigenvalue weighted by Crippen LogP contribution is 2.21. The molecule has 5 N–H and O–H groups in total. The van der Waals surface area contributed by atoms with Crippen LogP contribution in [0.15, 0.2) is 24.3 Å². The van der Waals surface area contributed by atoms with Gasteiger partial charge in [0.1, 0.15) is 0 Å². The molecule has 1 aliphatic rings. The Morgan fingerprint density at radius 1 is 1.24 bits per heavy atom. The normalized spacial score (nSPS) is 24.3. The molecule has 0 heterocycles. The summed E-state index contributed by atoms with van der Waals surface area (Å²) in [6.45, 7) is 0. The molecule has 2 unspecified atom stereocenters. The van der Waals surface area contributed by atoms with E-state index < -0.39 is 5.91 Å². The van der Waals surface area contributed by atoms with Gasteiger partial charge in [0.2, 0.25) is 5.91 Å². The third-order valence-corrected chi connectivity index (χ3v) is 3.25. The Labute approximate surface area is 101 Å². The maximum atomic E-state index is 10.9. The summed E-state index contributed by atoms with van der Waals surface area (Å²) in [7, 11) is 0. The van der Waals surface area contributed by atoms with Crippen LogP contribution >= 0.6 is 0 Å². The molecule has 4 heteroatoms. The predicted molar refractivity (Wildman–Crippen MR) is 68.8 cm³/mol. The molecule has 1 aromatic carbocycles. The molecule has 17 heavy (non-hydrogen) atoms. The number of hydrogen-bond donors (Lipinski definition) is 3. The van der Waals surface area contributed by atoms with Gasteiger partial charge in [0.05, 0.1) is 0 Å². The minimum atomic E-state index is -0.392. The van der Waals surface area contributed by atoms with E-state index in [0.717, 1.165) is 24.9 Å². The largest absolute Gasteiger partial charge is 0.382 e. The molecule has 1 saturated carbocycles. The molecule has 0 saturated heterocycles. The highest BCUT2D eigenvalue weighted by Gasteiger charge is 2.18. The van der Waals surface area contributed by atoms with Crippen molar-refractivity contribution in [3.8, 4) is 0 Å². The minimum absolute atomic E-state index is 0.311. The van der Waals surface area contributed by atoms with Gasteiger partial charge in [-0.3, -0.25) is 4.79 Å². The summed E-state index contributed by atoms with van der Waals surface area (Å²) in [5.74, 6) is -0.392. The fourth-order valence-corrected chi connectivity index (χ4v) is 2.33. The summed E-state index contributed by atoms with van der Waals surface area (Å²) in [5, 5.41) is 3.45. The summed E-state index contributed by atoms with van der Waals surface area (Å²) < 4.78 is 0. The molecule has 1 aliphatic carbocycles. The SMILES string of the molecule is NC(=O)c1ccc(NC2CCCC(N)C2)cc1. The first-order valence-electron chi connectivity index (χ1n) is 6.07. The Bertz CT molecular complexity index is 388. The molecule has 0 radical (unpaired) electrons. The molecule has 0 bridgehead atoms. The summed E-state index contributed by atoms with van der Waals surface area (Å²) in [4.78, 5) is 10.9. The lowest BCUT2D eigenvalue weighted by Gasteiger charge is -2.28. The first kappa shape index (κ1) is 11.9. The molecule has 1 amide bonds. The van der Waals surface area contributed by atoms with Crippen molar-refractivity contribution in [3.05, 3.63) is 29.8 Å². The second-order valence-electron chi connectivity index (χ2n) is 4.71. The van der Waals surface area contributed by atoms with Gasteiger partial charge in [-0.2, -0.15) is 0 Å². The quantitative estimate of drug-likeness (QED) is 0.739. The maximum absolute atomic E-state index is 10.9. The number of carbonyl (C=O) groups is 1. The van der Waals surface area contributed by atoms with Crippen LogP contribution in [0.2, 0.25) is 0 Å². The number of rotatable bonds is 3. The van der Waals surface area contributed by atoms with E-state index in [4.69, 9.17) is 11.5 Å². The summed E-state index contributed by atoms with van der Waals surface area (Å²) in [5.41, 5.74) is 12.7. The van der Waals surface area contributed by atoms with E-state index in [1.165, 1.54) is 6.42 Å². The highest BCUT2D eigenvalue weighted by atomic mass is 16.1. The van der Waals surface area contributed by atoms with Gasteiger partial charge < -0.3 is 16.8 Å². The van der Waals surface area contributed by atoms with E-state index in [1.54, 1.807) is 12.1 Å². The van der Waals surface area contributed by atoms with E-state index >= 15 is 0 Å². The van der Waals surface area contributed by atoms with Gasteiger partial charge in [-0.15, -0.1) is 0 Å². The molecule has 1 fully saturated rings. The Morgan fingerprint density at radius 3 is 2.53 bits per heavy atom. The van der Waals surface area contributed by atoms with Crippen molar-refractivity contribution in [2.45, 2.75) is 37.8 Å². The maximum Gasteiger partial charge on any atom is 0.248 e. The van der Waals surface area contributed by atoms with E-state index in [0.29, 0.717) is 17.6 Å². The Morgan fingerprint density at radius 2 is 1.94 bits per heavy atom. The van der Waals surface area contributed by atoms with Crippen molar-refractivity contribution in [1.29, 1.82) is 0 Å². The van der Waals surface area contributed by atoms with Crippen LogP contribution in [-0.4, -0.2) is 18.0 Å². The van der Waals surface area contributed by atoms with Gasteiger partial charge in [0.25, 0.3) is 0 Å². The van der Waals surface area contributed by atoms with Crippen LogP contribution in [0.4, 0.5) is 5.69 Å². The number of anilines is 1. The molecule has 0 spiro atoms. The molecule has 4 nitrogen and oxygen atoms in total. The Kier molecular flexibility index (Phi) is 3.64. The third kappa shape index (κ3) is 3.20. The van der Waals surface area contributed by atoms with Gasteiger partial charge in [-0.25, -0.2) is 0 Å². The number of primary amides is 1. The lowest BCUT2D eigenvalue weighted by Crippen LogP contribution is -2.34. The molecule has 1 aromatic rings. The average Bonchev–Trinajstić information content (AvgIpc) is 2.29. The van der Waals surface area contributed by atoms with Crippen LogP contribution < -0.4 is 16.8 Å².